The number of anilines is 1. The zero-order valence-electron chi connectivity index (χ0n) is 21.7. The van der Waals surface area contributed by atoms with Crippen molar-refractivity contribution in [2.75, 3.05) is 18.1 Å². The number of hydrogen-bond acceptors (Lipinski definition) is 7. The summed E-state index contributed by atoms with van der Waals surface area (Å²) in [5.74, 6) is -0.780. The molecule has 1 saturated heterocycles. The quantitative estimate of drug-likeness (QED) is 0.137. The molecular weight excluding hydrogens is 580 g/mol. The maximum absolute atomic E-state index is 13.9. The van der Waals surface area contributed by atoms with Crippen LogP contribution in [0.2, 0.25) is 0 Å². The Hall–Kier alpha value is -3.68. The third-order valence-corrected chi connectivity index (χ3v) is 9.69. The first-order chi connectivity index (χ1) is 19.5. The van der Waals surface area contributed by atoms with Gasteiger partial charge >= 0.3 is 6.18 Å². The van der Waals surface area contributed by atoms with E-state index in [1.54, 1.807) is 47.8 Å². The largest absolute Gasteiger partial charge is 0.416 e. The van der Waals surface area contributed by atoms with Crippen molar-refractivity contribution in [3.05, 3.63) is 99.9 Å². The number of nitrogens with zero attached hydrogens (tertiary/aromatic N) is 4. The predicted octanol–water partition coefficient (Wildman–Crippen LogP) is 6.29. The zero-order chi connectivity index (χ0) is 29.4. The first-order valence-corrected chi connectivity index (χ1v) is 14.8. The SMILES string of the molecule is C/C=N\N(C1=CCC2(C(=O)c3nccs3)CN(S(=O)(=O)c3cccc(C(F)(F)F)c3)CCC2=C1)c1ccc(F)cc1. The summed E-state index contributed by atoms with van der Waals surface area (Å²) < 4.78 is 81.9. The van der Waals surface area contributed by atoms with E-state index >= 15 is 0 Å². The number of piperidine rings is 1. The molecule has 1 unspecified atom stereocenters. The van der Waals surface area contributed by atoms with Crippen LogP contribution in [0.15, 0.2) is 93.5 Å². The lowest BCUT2D eigenvalue weighted by Crippen LogP contribution is -2.52. The molecule has 1 aliphatic heterocycles. The van der Waals surface area contributed by atoms with Crippen molar-refractivity contribution in [1.82, 2.24) is 9.29 Å². The van der Waals surface area contributed by atoms with Crippen LogP contribution in [0.4, 0.5) is 23.2 Å². The van der Waals surface area contributed by atoms with Crippen molar-refractivity contribution in [2.45, 2.75) is 30.8 Å². The number of alkyl halides is 3. The number of sulfonamides is 1. The van der Waals surface area contributed by atoms with Crippen molar-refractivity contribution in [1.29, 1.82) is 0 Å². The number of carbonyl (C=O) groups excluding carboxylic acids is 1. The normalized spacial score (nSPS) is 19.9. The van der Waals surface area contributed by atoms with Crippen LogP contribution >= 0.6 is 11.3 Å². The van der Waals surface area contributed by atoms with E-state index in [0.29, 0.717) is 23.0 Å². The number of aromatic nitrogens is 1. The van der Waals surface area contributed by atoms with Gasteiger partial charge in [0.15, 0.2) is 5.01 Å². The number of carbonyl (C=O) groups is 1. The van der Waals surface area contributed by atoms with Gasteiger partial charge in [0.2, 0.25) is 15.8 Å². The maximum atomic E-state index is 13.9. The summed E-state index contributed by atoms with van der Waals surface area (Å²) >= 11 is 1.13. The van der Waals surface area contributed by atoms with Crippen LogP contribution in [0.3, 0.4) is 0 Å². The highest BCUT2D eigenvalue weighted by molar-refractivity contribution is 7.89. The van der Waals surface area contributed by atoms with E-state index in [9.17, 15) is 30.8 Å². The van der Waals surface area contributed by atoms with Crippen LogP contribution in [-0.2, 0) is 16.2 Å². The van der Waals surface area contributed by atoms with E-state index in [-0.39, 0.29) is 36.7 Å². The molecule has 0 saturated carbocycles. The van der Waals surface area contributed by atoms with E-state index in [2.05, 4.69) is 10.1 Å². The fourth-order valence-corrected chi connectivity index (χ4v) is 7.28. The number of rotatable bonds is 7. The smallest absolute Gasteiger partial charge is 0.290 e. The van der Waals surface area contributed by atoms with Gasteiger partial charge in [-0.05, 0) is 68.3 Å². The van der Waals surface area contributed by atoms with Gasteiger partial charge < -0.3 is 0 Å². The van der Waals surface area contributed by atoms with Gasteiger partial charge in [0.1, 0.15) is 5.82 Å². The molecule has 2 aliphatic rings. The average molecular weight is 605 g/mol. The van der Waals surface area contributed by atoms with Crippen molar-refractivity contribution < 1.29 is 30.8 Å². The van der Waals surface area contributed by atoms with Crippen LogP contribution in [0.1, 0.15) is 35.1 Å². The number of thiazole rings is 1. The van der Waals surface area contributed by atoms with Crippen molar-refractivity contribution in [2.24, 2.45) is 10.5 Å². The highest BCUT2D eigenvalue weighted by Gasteiger charge is 2.50. The van der Waals surface area contributed by atoms with Gasteiger partial charge in [-0.3, -0.25) is 4.79 Å². The second-order valence-corrected chi connectivity index (χ2v) is 12.4. The molecule has 214 valence electrons. The molecule has 1 fully saturated rings. The highest BCUT2D eigenvalue weighted by atomic mass is 32.2. The highest BCUT2D eigenvalue weighted by Crippen LogP contribution is 2.47. The minimum Gasteiger partial charge on any atom is -0.290 e. The molecule has 1 aliphatic carbocycles. The second-order valence-electron chi connectivity index (χ2n) is 9.53. The molecule has 2 aromatic carbocycles. The van der Waals surface area contributed by atoms with E-state index < -0.39 is 37.9 Å². The van der Waals surface area contributed by atoms with Crippen LogP contribution in [0.25, 0.3) is 0 Å². The van der Waals surface area contributed by atoms with Crippen LogP contribution in [0.5, 0.6) is 0 Å². The van der Waals surface area contributed by atoms with Gasteiger partial charge in [0, 0.05) is 30.9 Å². The zero-order valence-corrected chi connectivity index (χ0v) is 23.3. The minimum atomic E-state index is -4.71. The first-order valence-electron chi connectivity index (χ1n) is 12.5. The Morgan fingerprint density at radius 1 is 1.20 bits per heavy atom. The molecule has 0 bridgehead atoms. The average Bonchev–Trinajstić information content (AvgIpc) is 3.50. The number of fused-ring (bicyclic) bond motifs is 1. The molecule has 1 atom stereocenters. The molecule has 0 spiro atoms. The third kappa shape index (κ3) is 5.48. The summed E-state index contributed by atoms with van der Waals surface area (Å²) in [6.45, 7) is 1.41. The lowest BCUT2D eigenvalue weighted by Gasteiger charge is -2.44. The number of halogens is 4. The van der Waals surface area contributed by atoms with E-state index in [1.807, 2.05) is 0 Å². The van der Waals surface area contributed by atoms with Gasteiger partial charge in [0.05, 0.1) is 27.3 Å². The minimum absolute atomic E-state index is 0.0435. The summed E-state index contributed by atoms with van der Waals surface area (Å²) in [4.78, 5) is 17.6. The van der Waals surface area contributed by atoms with Gasteiger partial charge in [-0.2, -0.15) is 22.6 Å². The first kappa shape index (κ1) is 28.8. The molecule has 0 radical (unpaired) electrons. The summed E-state index contributed by atoms with van der Waals surface area (Å²) in [6, 6.07) is 9.32. The monoisotopic (exact) mass is 604 g/mol. The fourth-order valence-electron chi connectivity index (χ4n) is 5.05. The number of allylic oxidation sites excluding steroid dienone is 2. The Morgan fingerprint density at radius 3 is 2.61 bits per heavy atom. The summed E-state index contributed by atoms with van der Waals surface area (Å²) in [5, 5.41) is 7.84. The molecule has 7 nitrogen and oxygen atoms in total. The summed E-state index contributed by atoms with van der Waals surface area (Å²) in [6.07, 6.45) is 2.11. The molecule has 0 N–H and O–H groups in total. The fraction of sp³-hybridized carbons (Fsp3) is 0.250. The number of Topliss-reactive ketones (excluding diaryl/α,β-unsaturated/α-hetero) is 1. The van der Waals surface area contributed by atoms with Crippen molar-refractivity contribution >= 4 is 39.0 Å². The van der Waals surface area contributed by atoms with Crippen molar-refractivity contribution in [3.8, 4) is 0 Å². The van der Waals surface area contributed by atoms with Crippen molar-refractivity contribution in [3.63, 3.8) is 0 Å². The molecule has 41 heavy (non-hydrogen) atoms. The Morgan fingerprint density at radius 2 is 1.95 bits per heavy atom. The summed E-state index contributed by atoms with van der Waals surface area (Å²) in [5.41, 5.74) is -0.549. The Balaban J connectivity index is 1.54. The van der Waals surface area contributed by atoms with Crippen LogP contribution < -0.4 is 5.01 Å². The topological polar surface area (TPSA) is 82.9 Å². The molecular formula is C28H24F4N4O3S2. The number of hydrogen-bond donors (Lipinski definition) is 0. The van der Waals surface area contributed by atoms with Crippen LogP contribution in [0, 0.1) is 11.2 Å². The lowest BCUT2D eigenvalue weighted by molar-refractivity contribution is -0.137. The molecule has 0 amide bonds. The molecule has 13 heteroatoms. The summed E-state index contributed by atoms with van der Waals surface area (Å²) in [7, 11) is -4.37. The van der Waals surface area contributed by atoms with E-state index in [4.69, 9.17) is 0 Å². The molecule has 5 rings (SSSR count). The van der Waals surface area contributed by atoms with Crippen LogP contribution in [-0.4, -0.2) is 42.8 Å². The second kappa shape index (κ2) is 11.0. The van der Waals surface area contributed by atoms with Gasteiger partial charge in [0.25, 0.3) is 0 Å². The Bertz CT molecular complexity index is 1650. The lowest BCUT2D eigenvalue weighted by atomic mass is 9.68. The van der Waals surface area contributed by atoms with E-state index in [1.165, 1.54) is 18.3 Å². The molecule has 2 heterocycles. The Labute approximate surface area is 238 Å². The number of benzene rings is 2. The maximum Gasteiger partial charge on any atom is 0.416 e. The molecule has 3 aromatic rings. The molecule has 1 aromatic heterocycles. The van der Waals surface area contributed by atoms with Gasteiger partial charge in [-0.1, -0.05) is 17.7 Å². The Kier molecular flexibility index (Phi) is 7.70. The van der Waals surface area contributed by atoms with Gasteiger partial charge in [-0.15, -0.1) is 11.3 Å². The number of ketones is 1. The standard InChI is InChI=1S/C28H24F4N4O3S2/c1-2-34-36(22-8-6-21(29)7-9-22)23-10-12-27(25(37)26-33-13-15-40-26)18-35(14-11-19(27)16-23)41(38,39)24-5-3-4-20(17-24)28(30,31)32/h2-10,13,15-17H,11-12,14,18H2,1H3/b34-2-. The van der Waals surface area contributed by atoms with Gasteiger partial charge in [-0.25, -0.2) is 22.8 Å². The number of hydrazone groups is 1. The van der Waals surface area contributed by atoms with E-state index in [0.717, 1.165) is 33.8 Å². The third-order valence-electron chi connectivity index (χ3n) is 7.08. The predicted molar refractivity (Wildman–Crippen MR) is 148 cm³/mol.